The molecule has 17 atom stereocenters. The number of aromatic nitrogens is 15. The van der Waals surface area contributed by atoms with Crippen LogP contribution in [0.2, 0.25) is 0 Å². The van der Waals surface area contributed by atoms with Crippen molar-refractivity contribution in [2.45, 2.75) is 128 Å². The first kappa shape index (κ1) is 56.6. The van der Waals surface area contributed by atoms with Crippen LogP contribution in [0.5, 0.6) is 0 Å². The summed E-state index contributed by atoms with van der Waals surface area (Å²) in [6.45, 7) is 5.42. The number of nitrogen functional groups attached to an aromatic ring is 2. The van der Waals surface area contributed by atoms with Crippen molar-refractivity contribution in [3.63, 3.8) is 0 Å². The third-order valence-corrected chi connectivity index (χ3v) is 20.4. The Morgan fingerprint density at radius 3 is 1.31 bits per heavy atom. The number of aliphatic hydroxyl groups excluding tert-OH is 9. The van der Waals surface area contributed by atoms with Crippen LogP contribution in [0.25, 0.3) is 44.7 Å². The van der Waals surface area contributed by atoms with Gasteiger partial charge in [0.15, 0.2) is 40.0 Å². The number of aliphatic hydroxyl groups is 9. The molecule has 8 fully saturated rings. The van der Waals surface area contributed by atoms with Gasteiger partial charge in [0.25, 0.3) is 0 Å². The average molecular weight is 1150 g/mol. The summed E-state index contributed by atoms with van der Waals surface area (Å²) in [5, 5.41) is 95.5. The summed E-state index contributed by atoms with van der Waals surface area (Å²) in [6, 6.07) is 2.00. The van der Waals surface area contributed by atoms with E-state index in [4.69, 9.17) is 11.5 Å². The van der Waals surface area contributed by atoms with E-state index in [1.54, 1.807) is 43.6 Å². The predicted molar refractivity (Wildman–Crippen MR) is 303 cm³/mol. The van der Waals surface area contributed by atoms with Gasteiger partial charge in [-0.2, -0.15) is 0 Å². The Balaban J connectivity index is 0.000000109. The van der Waals surface area contributed by atoms with Gasteiger partial charge in [-0.05, 0) is 95.5 Å². The third-order valence-electron chi connectivity index (χ3n) is 20.4. The second kappa shape index (κ2) is 20.1. The topological polar surface area (TPSA) is 420 Å². The fraction of sp³-hybridized carbons (Fsp3) is 0.618. The molecule has 8 aliphatic carbocycles. The minimum Gasteiger partial charge on any atom is -0.396 e. The van der Waals surface area contributed by atoms with Crippen molar-refractivity contribution in [3.8, 4) is 0 Å². The van der Waals surface area contributed by atoms with Gasteiger partial charge in [0.05, 0.1) is 87.9 Å². The van der Waals surface area contributed by atoms with E-state index < -0.39 is 35.9 Å². The maximum atomic E-state index is 10.3. The van der Waals surface area contributed by atoms with Crippen molar-refractivity contribution in [2.75, 3.05) is 62.6 Å². The zero-order valence-electron chi connectivity index (χ0n) is 46.1. The molecule has 83 heavy (non-hydrogen) atoms. The standard InChI is InChI=1S/C14H19N5O2.C14H18N4O2.C13H17N5O3.C13H17N5O2.CH4/c1-7-17-12(15-2)11-13(18-7)19(6-16-11)9-3-10(21)14(5-20)4-8(9)14;1-15-9-2-3-16-13-12(9)17-7-18(13)10-4-11(20)14(6-19)5-8(10)14;1-5-16-11(14)7-12(17-5)18(4-15-7)8-6-2-13(6,3-19)10(21)9(8)20;1-6-16-11(14)10-12(17-6)18(5-15-10)8-2-9(20)13(4-19)3-7(8)13;/h6,8-10,20-21H,3-5H2,1-2H3,(H,15,17,18);2-3,7-8,10-11,19-20H,4-6H2,1H3,(H,15,16);4,6,8-10,19-21H,2-3H2,1H3,(H2,14,16,17);5,7-9,19-20H,2-4H2,1H3,(H2,14,16,17);1H4. The molecule has 0 amide bonds. The van der Waals surface area contributed by atoms with E-state index >= 15 is 0 Å². The van der Waals surface area contributed by atoms with Crippen LogP contribution in [0.1, 0.15) is 94.0 Å². The van der Waals surface area contributed by atoms with E-state index in [9.17, 15) is 46.0 Å². The monoisotopic (exact) mass is 1150 g/mol. The van der Waals surface area contributed by atoms with Crippen molar-refractivity contribution in [3.05, 3.63) is 55.0 Å². The van der Waals surface area contributed by atoms with Crippen molar-refractivity contribution in [1.82, 2.24) is 73.1 Å². The second-order valence-corrected chi connectivity index (χ2v) is 24.3. The quantitative estimate of drug-likeness (QED) is 0.0905. The number of anilines is 4. The number of fused-ring (bicyclic) bond motifs is 8. The molecule has 28 heteroatoms. The van der Waals surface area contributed by atoms with E-state index in [1.165, 1.54) is 0 Å². The van der Waals surface area contributed by atoms with E-state index in [0.717, 1.165) is 53.1 Å². The summed E-state index contributed by atoms with van der Waals surface area (Å²) in [5.74, 6) is 4.18. The first-order valence-electron chi connectivity index (χ1n) is 28.0. The summed E-state index contributed by atoms with van der Waals surface area (Å²) in [6.07, 6.45) is 10.7. The summed E-state index contributed by atoms with van der Waals surface area (Å²) >= 11 is 0. The van der Waals surface area contributed by atoms with Crippen LogP contribution in [-0.4, -0.2) is 190 Å². The van der Waals surface area contributed by atoms with Crippen molar-refractivity contribution in [1.29, 1.82) is 0 Å². The number of imidazole rings is 4. The van der Waals surface area contributed by atoms with Crippen LogP contribution in [0.4, 0.5) is 23.1 Å². The fourth-order valence-corrected chi connectivity index (χ4v) is 15.4. The second-order valence-electron chi connectivity index (χ2n) is 24.3. The number of pyridine rings is 1. The summed E-state index contributed by atoms with van der Waals surface area (Å²) in [4.78, 5) is 47.7. The molecule has 0 bridgehead atoms. The highest BCUT2D eigenvalue weighted by Gasteiger charge is 2.72. The molecule has 8 heterocycles. The summed E-state index contributed by atoms with van der Waals surface area (Å²) in [7, 11) is 3.68. The first-order valence-corrected chi connectivity index (χ1v) is 28.0. The number of hydrogen-bond donors (Lipinski definition) is 13. The first-order chi connectivity index (χ1) is 39.4. The van der Waals surface area contributed by atoms with Crippen LogP contribution < -0.4 is 22.1 Å². The average Bonchev–Trinajstić information content (AvgIpc) is 2.02. The number of hydrogen-bond acceptors (Lipinski definition) is 24. The van der Waals surface area contributed by atoms with Crippen LogP contribution in [0.3, 0.4) is 0 Å². The van der Waals surface area contributed by atoms with Crippen molar-refractivity contribution < 1.29 is 46.0 Å². The molecule has 15 N–H and O–H groups in total. The highest BCUT2D eigenvalue weighted by molar-refractivity contribution is 5.86. The largest absolute Gasteiger partial charge is 0.396 e. The molecule has 8 aromatic rings. The molecule has 17 unspecified atom stereocenters. The van der Waals surface area contributed by atoms with Gasteiger partial charge in [0.1, 0.15) is 45.6 Å². The maximum absolute atomic E-state index is 10.3. The minimum atomic E-state index is -0.954. The lowest BCUT2D eigenvalue weighted by Gasteiger charge is -2.23. The maximum Gasteiger partial charge on any atom is 0.166 e. The van der Waals surface area contributed by atoms with E-state index in [0.29, 0.717) is 89.0 Å². The molecule has 0 radical (unpaired) electrons. The minimum absolute atomic E-state index is 0. The smallest absolute Gasteiger partial charge is 0.166 e. The van der Waals surface area contributed by atoms with Gasteiger partial charge in [-0.25, -0.2) is 54.8 Å². The number of nitrogens with two attached hydrogens (primary N) is 2. The molecule has 0 saturated heterocycles. The number of nitrogens with one attached hydrogen (secondary N) is 2. The van der Waals surface area contributed by atoms with Crippen LogP contribution >= 0.6 is 0 Å². The molecule has 444 valence electrons. The van der Waals surface area contributed by atoms with Crippen molar-refractivity contribution >= 4 is 67.8 Å². The number of rotatable bonds is 10. The molecule has 16 rings (SSSR count). The van der Waals surface area contributed by atoms with E-state index in [-0.39, 0.29) is 86.1 Å². The van der Waals surface area contributed by atoms with Gasteiger partial charge in [0.2, 0.25) is 0 Å². The zero-order chi connectivity index (χ0) is 57.7. The molecular weight excluding hydrogens is 1070 g/mol. The van der Waals surface area contributed by atoms with Gasteiger partial charge in [0, 0.05) is 60.1 Å². The Labute approximate surface area is 476 Å². The predicted octanol–water partition coefficient (Wildman–Crippen LogP) is 0.907. The Hall–Kier alpha value is -6.89. The SMILES string of the molecule is C.CNc1ccnc2c1ncn2C1CC(O)C2(CO)CC12.CNc1nc(C)nc2c1ncn2C1CC(O)C2(CO)CC12.Cc1nc(N)c2ncn(C3C(O)C(O)C4(CO)CC34)c2n1.Cc1nc(N)c2ncn(C3CC(O)C4(CO)CC34)c2n1. The molecule has 0 aliphatic heterocycles. The summed E-state index contributed by atoms with van der Waals surface area (Å²) < 4.78 is 7.85. The fourth-order valence-electron chi connectivity index (χ4n) is 15.4. The number of aryl methyl sites for hydroxylation is 3. The van der Waals surface area contributed by atoms with Gasteiger partial charge in [-0.1, -0.05) is 7.43 Å². The van der Waals surface area contributed by atoms with Crippen LogP contribution in [0, 0.1) is 66.1 Å². The third kappa shape index (κ3) is 8.36. The molecule has 8 aromatic heterocycles. The van der Waals surface area contributed by atoms with E-state index in [1.807, 2.05) is 42.5 Å². The van der Waals surface area contributed by atoms with Crippen LogP contribution in [0.15, 0.2) is 37.6 Å². The Bertz CT molecular complexity index is 3780. The Kier molecular flexibility index (Phi) is 13.7. The van der Waals surface area contributed by atoms with E-state index in [2.05, 4.69) is 70.0 Å². The van der Waals surface area contributed by atoms with Crippen LogP contribution in [-0.2, 0) is 0 Å². The lowest BCUT2D eigenvalue weighted by atomic mass is 10.0. The lowest BCUT2D eigenvalue weighted by Crippen LogP contribution is -2.35. The Morgan fingerprint density at radius 2 is 0.892 bits per heavy atom. The molecule has 0 aromatic carbocycles. The van der Waals surface area contributed by atoms with Gasteiger partial charge in [-0.3, -0.25) is 0 Å². The highest BCUT2D eigenvalue weighted by Crippen LogP contribution is 2.70. The molecule has 8 aliphatic rings. The Morgan fingerprint density at radius 1 is 0.494 bits per heavy atom. The van der Waals surface area contributed by atoms with Gasteiger partial charge in [-0.15, -0.1) is 0 Å². The summed E-state index contributed by atoms with van der Waals surface area (Å²) in [5.41, 5.74) is 16.8. The molecule has 8 saturated carbocycles. The molecule has 0 spiro atoms. The van der Waals surface area contributed by atoms with Gasteiger partial charge >= 0.3 is 0 Å². The van der Waals surface area contributed by atoms with Gasteiger partial charge < -0.3 is 86.3 Å². The van der Waals surface area contributed by atoms with Crippen molar-refractivity contribution in [2.24, 2.45) is 45.3 Å². The number of nitrogens with zero attached hydrogens (tertiary/aromatic N) is 15. The highest BCUT2D eigenvalue weighted by atomic mass is 16.3. The lowest BCUT2D eigenvalue weighted by molar-refractivity contribution is -0.0300. The molecular formula is C55H75N19O9. The normalized spacial score (nSPS) is 35.3. The zero-order valence-corrected chi connectivity index (χ0v) is 46.1. The molecule has 28 nitrogen and oxygen atoms in total.